The monoisotopic (exact) mass is 92.1 g/mol. The van der Waals surface area contributed by atoms with Crippen LogP contribution in [0.15, 0.2) is 24.8 Å². The van der Waals surface area contributed by atoms with Crippen molar-refractivity contribution in [2.24, 2.45) is 0 Å². The van der Waals surface area contributed by atoms with Crippen LogP contribution in [0.5, 0.6) is 0 Å². The van der Waals surface area contributed by atoms with E-state index in [1.807, 2.05) is 0 Å². The second-order valence-electron chi connectivity index (χ2n) is 1.24. The lowest BCUT2D eigenvalue weighted by Crippen LogP contribution is -1.66. The quantitative estimate of drug-likeness (QED) is 0.359. The zero-order valence-corrected chi connectivity index (χ0v) is 4.28. The SMILES string of the molecule is C#CCC(=C)C=C. The molecule has 0 N–H and O–H groups in total. The Bertz CT molecular complexity index is 112. The molecular weight excluding hydrogens is 84.1 g/mol. The van der Waals surface area contributed by atoms with Crippen LogP contribution in [-0.4, -0.2) is 0 Å². The summed E-state index contributed by atoms with van der Waals surface area (Å²) in [4.78, 5) is 0. The van der Waals surface area contributed by atoms with Crippen LogP contribution >= 0.6 is 0 Å². The summed E-state index contributed by atoms with van der Waals surface area (Å²) < 4.78 is 0. The Labute approximate surface area is 44.5 Å². The van der Waals surface area contributed by atoms with E-state index in [-0.39, 0.29) is 0 Å². The molecule has 0 spiro atoms. The number of allylic oxidation sites excluding steroid dienone is 2. The lowest BCUT2D eigenvalue weighted by atomic mass is 10.2. The van der Waals surface area contributed by atoms with Gasteiger partial charge in [0, 0.05) is 6.42 Å². The van der Waals surface area contributed by atoms with E-state index in [4.69, 9.17) is 6.42 Å². The standard InChI is InChI=1S/C7H8/c1-4-6-7(3)5-2/h1,5H,2-3,6H2. The molecule has 0 heteroatoms. The number of terminal acetylenes is 1. The Morgan fingerprint density at radius 3 is 2.57 bits per heavy atom. The van der Waals surface area contributed by atoms with Crippen molar-refractivity contribution in [1.82, 2.24) is 0 Å². The van der Waals surface area contributed by atoms with Gasteiger partial charge in [0.2, 0.25) is 0 Å². The number of rotatable bonds is 2. The predicted molar refractivity (Wildman–Crippen MR) is 32.8 cm³/mol. The summed E-state index contributed by atoms with van der Waals surface area (Å²) in [5.41, 5.74) is 0.905. The zero-order chi connectivity index (χ0) is 5.70. The second-order valence-corrected chi connectivity index (χ2v) is 1.24. The van der Waals surface area contributed by atoms with Crippen LogP contribution in [0.4, 0.5) is 0 Å². The van der Waals surface area contributed by atoms with Gasteiger partial charge in [0.05, 0.1) is 0 Å². The van der Waals surface area contributed by atoms with Gasteiger partial charge in [-0.1, -0.05) is 19.2 Å². The highest BCUT2D eigenvalue weighted by atomic mass is 13.8. The third-order valence-corrected chi connectivity index (χ3v) is 0.618. The molecule has 7 heavy (non-hydrogen) atoms. The Morgan fingerprint density at radius 2 is 2.43 bits per heavy atom. The van der Waals surface area contributed by atoms with Gasteiger partial charge in [-0.2, -0.15) is 0 Å². The van der Waals surface area contributed by atoms with E-state index in [1.165, 1.54) is 0 Å². The van der Waals surface area contributed by atoms with E-state index in [0.29, 0.717) is 6.42 Å². The van der Waals surface area contributed by atoms with Gasteiger partial charge < -0.3 is 0 Å². The van der Waals surface area contributed by atoms with E-state index in [0.717, 1.165) is 5.57 Å². The van der Waals surface area contributed by atoms with Gasteiger partial charge in [-0.05, 0) is 5.57 Å². The molecule has 0 aromatic heterocycles. The van der Waals surface area contributed by atoms with Gasteiger partial charge in [0.1, 0.15) is 0 Å². The van der Waals surface area contributed by atoms with Crippen LogP contribution in [0.1, 0.15) is 6.42 Å². The third kappa shape index (κ3) is 2.85. The molecule has 0 nitrogen and oxygen atoms in total. The molecule has 0 saturated carbocycles. The predicted octanol–water partition coefficient (Wildman–Crippen LogP) is 1.75. The smallest absolute Gasteiger partial charge is 0.0331 e. The van der Waals surface area contributed by atoms with E-state index in [2.05, 4.69) is 19.1 Å². The molecule has 0 aromatic carbocycles. The summed E-state index contributed by atoms with van der Waals surface area (Å²) in [7, 11) is 0. The molecule has 0 fully saturated rings. The number of hydrogen-bond donors (Lipinski definition) is 0. The molecule has 0 aliphatic heterocycles. The molecule has 36 valence electrons. The Hall–Kier alpha value is -0.960. The average Bonchev–Trinajstić information content (AvgIpc) is 1.68. The highest BCUT2D eigenvalue weighted by Crippen LogP contribution is 1.93. The van der Waals surface area contributed by atoms with Crippen molar-refractivity contribution in [1.29, 1.82) is 0 Å². The Kier molecular flexibility index (Phi) is 2.79. The molecule has 0 saturated heterocycles. The highest BCUT2D eigenvalue weighted by Gasteiger charge is 1.76. The third-order valence-electron chi connectivity index (χ3n) is 0.618. The molecule has 0 atom stereocenters. The van der Waals surface area contributed by atoms with Gasteiger partial charge in [-0.25, -0.2) is 0 Å². The first-order valence-corrected chi connectivity index (χ1v) is 2.05. The minimum atomic E-state index is 0.615. The topological polar surface area (TPSA) is 0 Å². The first-order valence-electron chi connectivity index (χ1n) is 2.05. The van der Waals surface area contributed by atoms with Crippen LogP contribution in [0, 0.1) is 12.3 Å². The molecule has 0 aliphatic carbocycles. The van der Waals surface area contributed by atoms with Crippen molar-refractivity contribution in [2.45, 2.75) is 6.42 Å². The summed E-state index contributed by atoms with van der Waals surface area (Å²) in [5.74, 6) is 2.45. The van der Waals surface area contributed by atoms with Gasteiger partial charge in [0.25, 0.3) is 0 Å². The first kappa shape index (κ1) is 6.04. The normalized spacial score (nSPS) is 6.71. The van der Waals surface area contributed by atoms with Gasteiger partial charge >= 0.3 is 0 Å². The fraction of sp³-hybridized carbons (Fsp3) is 0.143. The van der Waals surface area contributed by atoms with E-state index < -0.39 is 0 Å². The van der Waals surface area contributed by atoms with Crippen molar-refractivity contribution in [2.75, 3.05) is 0 Å². The molecule has 0 aromatic rings. The molecule has 0 radical (unpaired) electrons. The lowest BCUT2D eigenvalue weighted by molar-refractivity contribution is 1.37. The van der Waals surface area contributed by atoms with Crippen LogP contribution in [0.3, 0.4) is 0 Å². The maximum absolute atomic E-state index is 4.95. The molecular formula is C7H8. The average molecular weight is 92.1 g/mol. The highest BCUT2D eigenvalue weighted by molar-refractivity contribution is 5.16. The summed E-state index contributed by atoms with van der Waals surface area (Å²) in [6.07, 6.45) is 7.23. The fourth-order valence-electron chi connectivity index (χ4n) is 0.203. The van der Waals surface area contributed by atoms with E-state index in [1.54, 1.807) is 6.08 Å². The van der Waals surface area contributed by atoms with Gasteiger partial charge in [-0.3, -0.25) is 0 Å². The Balaban J connectivity index is 3.42. The Morgan fingerprint density at radius 1 is 1.86 bits per heavy atom. The zero-order valence-electron chi connectivity index (χ0n) is 4.28. The molecule has 0 heterocycles. The van der Waals surface area contributed by atoms with Gasteiger partial charge in [0.15, 0.2) is 0 Å². The summed E-state index contributed by atoms with van der Waals surface area (Å²) in [5, 5.41) is 0. The van der Waals surface area contributed by atoms with Crippen molar-refractivity contribution < 1.29 is 0 Å². The van der Waals surface area contributed by atoms with Crippen LogP contribution in [-0.2, 0) is 0 Å². The van der Waals surface area contributed by atoms with Crippen LogP contribution in [0.2, 0.25) is 0 Å². The largest absolute Gasteiger partial charge is 0.120 e. The molecule has 0 aliphatic rings. The summed E-state index contributed by atoms with van der Waals surface area (Å²) in [6.45, 7) is 7.09. The first-order chi connectivity index (χ1) is 3.31. The minimum Gasteiger partial charge on any atom is -0.120 e. The molecule has 0 unspecified atom stereocenters. The van der Waals surface area contributed by atoms with Gasteiger partial charge in [-0.15, -0.1) is 12.3 Å². The van der Waals surface area contributed by atoms with E-state index >= 15 is 0 Å². The fourth-order valence-corrected chi connectivity index (χ4v) is 0.203. The van der Waals surface area contributed by atoms with Crippen molar-refractivity contribution in [3.8, 4) is 12.3 Å². The summed E-state index contributed by atoms with van der Waals surface area (Å²) in [6, 6.07) is 0. The van der Waals surface area contributed by atoms with Crippen LogP contribution < -0.4 is 0 Å². The molecule has 0 bridgehead atoms. The summed E-state index contributed by atoms with van der Waals surface area (Å²) >= 11 is 0. The van der Waals surface area contributed by atoms with Crippen molar-refractivity contribution in [3.05, 3.63) is 24.8 Å². The number of hydrogen-bond acceptors (Lipinski definition) is 0. The molecule has 0 rings (SSSR count). The minimum absolute atomic E-state index is 0.615. The molecule has 0 amide bonds. The van der Waals surface area contributed by atoms with E-state index in [9.17, 15) is 0 Å². The maximum Gasteiger partial charge on any atom is 0.0331 e. The second kappa shape index (κ2) is 3.24. The van der Waals surface area contributed by atoms with Crippen molar-refractivity contribution >= 4 is 0 Å². The van der Waals surface area contributed by atoms with Crippen molar-refractivity contribution in [3.63, 3.8) is 0 Å². The lowest BCUT2D eigenvalue weighted by Gasteiger charge is -1.83. The maximum atomic E-state index is 4.95. The van der Waals surface area contributed by atoms with Crippen LogP contribution in [0.25, 0.3) is 0 Å².